The van der Waals surface area contributed by atoms with Gasteiger partial charge in [-0.1, -0.05) is 110 Å². The van der Waals surface area contributed by atoms with Crippen LogP contribution in [0.5, 0.6) is 17.2 Å². The van der Waals surface area contributed by atoms with Crippen LogP contribution in [-0.4, -0.2) is 19.2 Å². The third kappa shape index (κ3) is 13.2. The summed E-state index contributed by atoms with van der Waals surface area (Å²) in [6.45, 7) is 5.78. The summed E-state index contributed by atoms with van der Waals surface area (Å²) >= 11 is 0. The van der Waals surface area contributed by atoms with Crippen LogP contribution >= 0.6 is 0 Å². The molecule has 234 valence electrons. The number of hydrogen-bond donors (Lipinski definition) is 0. The first-order chi connectivity index (χ1) is 20.6. The lowest BCUT2D eigenvalue weighted by molar-refractivity contribution is 0.0729. The highest BCUT2D eigenvalue weighted by atomic mass is 19.1. The van der Waals surface area contributed by atoms with Crippen molar-refractivity contribution in [1.29, 1.82) is 0 Å². The number of ether oxygens (including phenoxy) is 3. The zero-order valence-electron chi connectivity index (χ0n) is 26.3. The van der Waals surface area contributed by atoms with Crippen molar-refractivity contribution < 1.29 is 23.4 Å². The second-order valence-corrected chi connectivity index (χ2v) is 12.2. The molecule has 0 N–H and O–H groups in total. The molecule has 0 radical (unpaired) electrons. The van der Waals surface area contributed by atoms with E-state index in [1.54, 1.807) is 30.3 Å². The van der Waals surface area contributed by atoms with Gasteiger partial charge in [0.2, 0.25) is 0 Å². The Bertz CT molecular complexity index is 997. The molecule has 0 unspecified atom stereocenters. The molecule has 0 amide bonds. The first-order valence-electron chi connectivity index (χ1n) is 17.0. The van der Waals surface area contributed by atoms with Crippen LogP contribution in [-0.2, 0) is 0 Å². The van der Waals surface area contributed by atoms with Crippen molar-refractivity contribution in [3.8, 4) is 17.2 Å². The van der Waals surface area contributed by atoms with Gasteiger partial charge in [-0.25, -0.2) is 9.18 Å². The molecule has 1 aliphatic rings. The Morgan fingerprint density at radius 1 is 0.667 bits per heavy atom. The zero-order chi connectivity index (χ0) is 29.8. The van der Waals surface area contributed by atoms with E-state index in [1.165, 1.54) is 115 Å². The number of carbonyl (C=O) groups excluding carboxylic acids is 1. The maximum absolute atomic E-state index is 14.7. The van der Waals surface area contributed by atoms with Crippen LogP contribution in [0.3, 0.4) is 0 Å². The monoisotopic (exact) mass is 582 g/mol. The Hall–Kier alpha value is -2.56. The van der Waals surface area contributed by atoms with E-state index in [9.17, 15) is 9.18 Å². The van der Waals surface area contributed by atoms with Crippen LogP contribution < -0.4 is 14.2 Å². The van der Waals surface area contributed by atoms with E-state index in [0.717, 1.165) is 31.1 Å². The molecule has 5 heteroatoms. The Morgan fingerprint density at radius 3 is 1.86 bits per heavy atom. The third-order valence-corrected chi connectivity index (χ3v) is 8.63. The summed E-state index contributed by atoms with van der Waals surface area (Å²) in [4.78, 5) is 12.6. The highest BCUT2D eigenvalue weighted by Crippen LogP contribution is 2.32. The Balaban J connectivity index is 1.30. The van der Waals surface area contributed by atoms with Crippen molar-refractivity contribution in [3.63, 3.8) is 0 Å². The van der Waals surface area contributed by atoms with Gasteiger partial charge < -0.3 is 14.2 Å². The second-order valence-electron chi connectivity index (χ2n) is 12.2. The number of esters is 1. The SMILES string of the molecule is CCCCCCCCCCCCOc1ccc(C(=O)Oc2ccc(OCC3CCC(CCCCC)CC3)cc2)c(F)c1. The van der Waals surface area contributed by atoms with E-state index in [0.29, 0.717) is 24.0 Å². The predicted molar refractivity (Wildman–Crippen MR) is 170 cm³/mol. The Kier molecular flexibility index (Phi) is 16.5. The van der Waals surface area contributed by atoms with E-state index >= 15 is 0 Å². The largest absolute Gasteiger partial charge is 0.493 e. The molecule has 1 saturated carbocycles. The number of carbonyl (C=O) groups is 1. The normalized spacial score (nSPS) is 16.7. The van der Waals surface area contributed by atoms with E-state index < -0.39 is 11.8 Å². The first kappa shape index (κ1) is 33.9. The van der Waals surface area contributed by atoms with Crippen molar-refractivity contribution in [2.24, 2.45) is 11.8 Å². The van der Waals surface area contributed by atoms with Gasteiger partial charge >= 0.3 is 5.97 Å². The molecule has 3 rings (SSSR count). The van der Waals surface area contributed by atoms with E-state index in [4.69, 9.17) is 14.2 Å². The van der Waals surface area contributed by atoms with E-state index in [2.05, 4.69) is 13.8 Å². The number of rotatable bonds is 21. The summed E-state index contributed by atoms with van der Waals surface area (Å²) in [5, 5.41) is 0. The molecule has 0 heterocycles. The Morgan fingerprint density at radius 2 is 1.21 bits per heavy atom. The molecule has 4 nitrogen and oxygen atoms in total. The maximum Gasteiger partial charge on any atom is 0.346 e. The number of hydrogen-bond acceptors (Lipinski definition) is 4. The second kappa shape index (κ2) is 20.4. The molecular formula is C37H55FO4. The lowest BCUT2D eigenvalue weighted by Gasteiger charge is -2.28. The standard InChI is InChI=1S/C37H55FO4/c1-3-5-7-8-9-10-11-12-13-15-27-40-34-25-26-35(36(38)28-34)37(39)42-33-23-21-32(22-24-33)41-29-31-19-17-30(18-20-31)16-14-6-4-2/h21-26,28,30-31H,3-20,27,29H2,1-2H3. The first-order valence-corrected chi connectivity index (χ1v) is 17.0. The van der Waals surface area contributed by atoms with Gasteiger partial charge in [0.15, 0.2) is 0 Å². The molecule has 2 aromatic carbocycles. The predicted octanol–water partition coefficient (Wildman–Crippen LogP) is 11.1. The van der Waals surface area contributed by atoms with Crippen molar-refractivity contribution >= 4 is 5.97 Å². The molecule has 0 atom stereocenters. The average molecular weight is 583 g/mol. The molecule has 2 aromatic rings. The van der Waals surface area contributed by atoms with Gasteiger partial charge in [0.1, 0.15) is 23.1 Å². The molecule has 0 aromatic heterocycles. The smallest absolute Gasteiger partial charge is 0.346 e. The fourth-order valence-corrected chi connectivity index (χ4v) is 5.88. The third-order valence-electron chi connectivity index (χ3n) is 8.63. The minimum absolute atomic E-state index is 0.105. The lowest BCUT2D eigenvalue weighted by Crippen LogP contribution is -2.20. The highest BCUT2D eigenvalue weighted by molar-refractivity contribution is 5.91. The van der Waals surface area contributed by atoms with Crippen molar-refractivity contribution in [2.45, 2.75) is 129 Å². The quantitative estimate of drug-likeness (QED) is 0.0834. The van der Waals surface area contributed by atoms with Crippen LogP contribution in [0.25, 0.3) is 0 Å². The van der Waals surface area contributed by atoms with Crippen LogP contribution in [0.1, 0.15) is 140 Å². The minimum Gasteiger partial charge on any atom is -0.493 e. The van der Waals surface area contributed by atoms with E-state index in [1.807, 2.05) is 0 Å². The molecule has 1 fully saturated rings. The number of benzene rings is 2. The molecule has 1 aliphatic carbocycles. The average Bonchev–Trinajstić information content (AvgIpc) is 3.00. The molecular weight excluding hydrogens is 527 g/mol. The van der Waals surface area contributed by atoms with Crippen LogP contribution in [0, 0.1) is 17.7 Å². The molecule has 0 bridgehead atoms. The fourth-order valence-electron chi connectivity index (χ4n) is 5.88. The molecule has 42 heavy (non-hydrogen) atoms. The van der Waals surface area contributed by atoms with Crippen molar-refractivity contribution in [3.05, 3.63) is 53.8 Å². The number of halogens is 1. The fraction of sp³-hybridized carbons (Fsp3) is 0.649. The summed E-state index contributed by atoms with van der Waals surface area (Å²) in [7, 11) is 0. The molecule has 0 saturated heterocycles. The highest BCUT2D eigenvalue weighted by Gasteiger charge is 2.21. The van der Waals surface area contributed by atoms with Crippen LogP contribution in [0.2, 0.25) is 0 Å². The van der Waals surface area contributed by atoms with Gasteiger partial charge in [-0.3, -0.25) is 0 Å². The topological polar surface area (TPSA) is 44.8 Å². The van der Waals surface area contributed by atoms with Gasteiger partial charge in [-0.15, -0.1) is 0 Å². The Labute approximate surface area is 254 Å². The molecule has 0 aliphatic heterocycles. The summed E-state index contributed by atoms with van der Waals surface area (Å²) in [5.74, 6) is 1.69. The summed E-state index contributed by atoms with van der Waals surface area (Å²) < 4.78 is 31.8. The van der Waals surface area contributed by atoms with Crippen molar-refractivity contribution in [1.82, 2.24) is 0 Å². The van der Waals surface area contributed by atoms with E-state index in [-0.39, 0.29) is 5.56 Å². The van der Waals surface area contributed by atoms with Gasteiger partial charge in [0.05, 0.1) is 18.8 Å². The van der Waals surface area contributed by atoms with Crippen LogP contribution in [0.15, 0.2) is 42.5 Å². The lowest BCUT2D eigenvalue weighted by atomic mass is 9.80. The van der Waals surface area contributed by atoms with Crippen molar-refractivity contribution in [2.75, 3.05) is 13.2 Å². The van der Waals surface area contributed by atoms with Crippen LogP contribution in [0.4, 0.5) is 4.39 Å². The maximum atomic E-state index is 14.7. The molecule has 0 spiro atoms. The minimum atomic E-state index is -0.724. The van der Waals surface area contributed by atoms with Gasteiger partial charge in [-0.05, 0) is 67.5 Å². The summed E-state index contributed by atoms with van der Waals surface area (Å²) in [5.41, 5.74) is -0.105. The van der Waals surface area contributed by atoms with Gasteiger partial charge in [0.25, 0.3) is 0 Å². The zero-order valence-corrected chi connectivity index (χ0v) is 26.3. The summed E-state index contributed by atoms with van der Waals surface area (Å²) in [6, 6.07) is 11.3. The summed E-state index contributed by atoms with van der Waals surface area (Å²) in [6.07, 6.45) is 23.0. The van der Waals surface area contributed by atoms with Gasteiger partial charge in [0, 0.05) is 6.07 Å². The number of unbranched alkanes of at least 4 members (excludes halogenated alkanes) is 11. The van der Waals surface area contributed by atoms with Gasteiger partial charge in [-0.2, -0.15) is 0 Å².